The summed E-state index contributed by atoms with van der Waals surface area (Å²) in [6.07, 6.45) is 4.85. The lowest BCUT2D eigenvalue weighted by atomic mass is 9.83. The summed E-state index contributed by atoms with van der Waals surface area (Å²) in [5.41, 5.74) is 2.77. The molecule has 0 bridgehead atoms. The first-order valence-corrected chi connectivity index (χ1v) is 14.6. The average molecular weight is 569 g/mol. The maximum atomic E-state index is 13.2. The van der Waals surface area contributed by atoms with Crippen LogP contribution in [0.5, 0.6) is 0 Å². The van der Waals surface area contributed by atoms with Crippen LogP contribution in [0.15, 0.2) is 30.3 Å². The topological polar surface area (TPSA) is 95.9 Å². The molecule has 1 N–H and O–H groups in total. The van der Waals surface area contributed by atoms with Gasteiger partial charge in [0.05, 0.1) is 28.7 Å². The third-order valence-electron chi connectivity index (χ3n) is 6.70. The highest BCUT2D eigenvalue weighted by Crippen LogP contribution is 2.48. The number of anilines is 1. The molecule has 1 fully saturated rings. The number of ether oxygens (including phenoxy) is 3. The number of fused-ring (bicyclic) bond motifs is 1. The molecule has 0 atom stereocenters. The van der Waals surface area contributed by atoms with Crippen molar-refractivity contribution in [1.82, 2.24) is 4.57 Å². The second-order valence-electron chi connectivity index (χ2n) is 12.3. The van der Waals surface area contributed by atoms with Gasteiger partial charge < -0.3 is 18.8 Å². The summed E-state index contributed by atoms with van der Waals surface area (Å²) < 4.78 is 19.2. The quantitative estimate of drug-likeness (QED) is 0.240. The summed E-state index contributed by atoms with van der Waals surface area (Å²) in [5.74, 6) is -0.553. The Hall–Kier alpha value is -3.33. The molecule has 2 heterocycles. The van der Waals surface area contributed by atoms with Crippen LogP contribution in [0.3, 0.4) is 0 Å². The van der Waals surface area contributed by atoms with Crippen LogP contribution in [0.2, 0.25) is 0 Å². The minimum absolute atomic E-state index is 0.0477. The monoisotopic (exact) mass is 568 g/mol. The van der Waals surface area contributed by atoms with Crippen molar-refractivity contribution in [2.45, 2.75) is 97.3 Å². The predicted molar refractivity (Wildman–Crippen MR) is 158 cm³/mol. The van der Waals surface area contributed by atoms with Crippen LogP contribution in [-0.4, -0.2) is 40.9 Å². The zero-order valence-electron chi connectivity index (χ0n) is 24.5. The van der Waals surface area contributed by atoms with Gasteiger partial charge in [-0.1, -0.05) is 37.5 Å². The van der Waals surface area contributed by atoms with E-state index in [-0.39, 0.29) is 18.4 Å². The van der Waals surface area contributed by atoms with Gasteiger partial charge in [0.15, 0.2) is 0 Å². The molecule has 0 aliphatic heterocycles. The molecular formula is C31H40N2O6S. The van der Waals surface area contributed by atoms with E-state index in [1.165, 1.54) is 24.9 Å². The summed E-state index contributed by atoms with van der Waals surface area (Å²) in [6, 6.07) is 9.36. The van der Waals surface area contributed by atoms with E-state index in [2.05, 4.69) is 5.32 Å². The molecule has 0 radical (unpaired) electrons. The molecule has 0 saturated heterocycles. The molecule has 40 heavy (non-hydrogen) atoms. The van der Waals surface area contributed by atoms with E-state index < -0.39 is 23.3 Å². The van der Waals surface area contributed by atoms with E-state index >= 15 is 0 Å². The van der Waals surface area contributed by atoms with Crippen LogP contribution in [0.4, 0.5) is 10.5 Å². The molecule has 3 aromatic rings. The molecular weight excluding hydrogens is 528 g/mol. The van der Waals surface area contributed by atoms with Gasteiger partial charge >= 0.3 is 18.0 Å². The average Bonchev–Trinajstić information content (AvgIpc) is 3.40. The van der Waals surface area contributed by atoms with Crippen LogP contribution >= 0.6 is 11.3 Å². The van der Waals surface area contributed by atoms with E-state index in [0.29, 0.717) is 10.6 Å². The lowest BCUT2D eigenvalue weighted by Gasteiger charge is -2.25. The molecule has 1 aromatic carbocycles. The van der Waals surface area contributed by atoms with Crippen molar-refractivity contribution < 1.29 is 28.6 Å². The highest BCUT2D eigenvalue weighted by atomic mass is 32.1. The molecule has 0 unspecified atom stereocenters. The normalized spacial score (nSPS) is 14.7. The summed E-state index contributed by atoms with van der Waals surface area (Å²) in [5, 5.41) is 2.93. The molecule has 0 spiro atoms. The smallest absolute Gasteiger partial charge is 0.412 e. The van der Waals surface area contributed by atoms with Gasteiger partial charge in [-0.15, -0.1) is 11.3 Å². The van der Waals surface area contributed by atoms with Gasteiger partial charge in [0.2, 0.25) is 0 Å². The number of thiophene rings is 1. The van der Waals surface area contributed by atoms with E-state index in [4.69, 9.17) is 14.2 Å². The zero-order chi connectivity index (χ0) is 29.2. The first-order valence-electron chi connectivity index (χ1n) is 13.8. The number of hydrogen-bond acceptors (Lipinski definition) is 7. The number of rotatable bonds is 6. The lowest BCUT2D eigenvalue weighted by molar-refractivity contribution is -0.155. The number of para-hydroxylation sites is 1. The van der Waals surface area contributed by atoms with Gasteiger partial charge in [-0.3, -0.25) is 10.1 Å². The van der Waals surface area contributed by atoms with Crippen LogP contribution in [-0.2, 0) is 25.5 Å². The summed E-state index contributed by atoms with van der Waals surface area (Å²) in [6.45, 7) is 10.9. The largest absolute Gasteiger partial charge is 0.465 e. The van der Waals surface area contributed by atoms with Crippen molar-refractivity contribution in [2.24, 2.45) is 0 Å². The first-order chi connectivity index (χ1) is 18.8. The van der Waals surface area contributed by atoms with Gasteiger partial charge in [-0.05, 0) is 78.0 Å². The number of hydrogen-bond donors (Lipinski definition) is 1. The van der Waals surface area contributed by atoms with Crippen molar-refractivity contribution in [2.75, 3.05) is 12.4 Å². The number of benzene rings is 1. The lowest BCUT2D eigenvalue weighted by Crippen LogP contribution is -2.28. The third kappa shape index (κ3) is 6.86. The third-order valence-corrected chi connectivity index (χ3v) is 7.84. The van der Waals surface area contributed by atoms with Crippen LogP contribution in [0.1, 0.15) is 94.8 Å². The Labute approximate surface area is 240 Å². The van der Waals surface area contributed by atoms with Gasteiger partial charge in [-0.2, -0.15) is 0 Å². The van der Waals surface area contributed by atoms with Crippen molar-refractivity contribution in [1.29, 1.82) is 0 Å². The minimum atomic E-state index is -0.657. The summed E-state index contributed by atoms with van der Waals surface area (Å²) in [4.78, 5) is 39.1. The summed E-state index contributed by atoms with van der Waals surface area (Å²) >= 11 is 1.39. The van der Waals surface area contributed by atoms with E-state index in [1.807, 2.05) is 70.4 Å². The molecule has 1 aliphatic carbocycles. The Bertz CT molecular complexity index is 1400. The number of carbonyl (C=O) groups excluding carboxylic acids is 3. The molecule has 9 heteroatoms. The number of esters is 2. The second-order valence-corrected chi connectivity index (χ2v) is 13.3. The molecule has 216 valence electrons. The summed E-state index contributed by atoms with van der Waals surface area (Å²) in [7, 11) is 1.37. The minimum Gasteiger partial charge on any atom is -0.465 e. The molecule has 2 aromatic heterocycles. The van der Waals surface area contributed by atoms with Crippen molar-refractivity contribution in [3.05, 3.63) is 40.8 Å². The SMILES string of the molecule is COC(=O)c1cc2c(s1)c(C1CCCCC1)c(-c1ccccc1NC(=O)OC(C)(C)C)n2CC(=O)OC(C)(C)C. The fraction of sp³-hybridized carbons (Fsp3) is 0.516. The molecule has 4 rings (SSSR count). The fourth-order valence-electron chi connectivity index (χ4n) is 5.29. The molecule has 1 saturated carbocycles. The number of carbonyl (C=O) groups is 3. The van der Waals surface area contributed by atoms with E-state index in [0.717, 1.165) is 52.7 Å². The molecule has 1 aliphatic rings. The Kier molecular flexibility index (Phi) is 8.63. The zero-order valence-corrected chi connectivity index (χ0v) is 25.3. The number of nitrogens with zero attached hydrogens (tertiary/aromatic N) is 1. The van der Waals surface area contributed by atoms with Gasteiger partial charge in [0.25, 0.3) is 0 Å². The standard InChI is InChI=1S/C31H40N2O6S/c1-30(2,3)38-24(34)18-33-22-17-23(28(35)37-7)40-27(22)25(19-13-9-8-10-14-19)26(33)20-15-11-12-16-21(20)32-29(36)39-31(4,5)6/h11-12,15-17,19H,8-10,13-14,18H2,1-7H3,(H,32,36). The number of aromatic nitrogens is 1. The Morgan fingerprint density at radius 2 is 1.62 bits per heavy atom. The number of methoxy groups -OCH3 is 1. The maximum absolute atomic E-state index is 13.2. The first kappa shape index (κ1) is 29.6. The Morgan fingerprint density at radius 1 is 0.975 bits per heavy atom. The predicted octanol–water partition coefficient (Wildman–Crippen LogP) is 7.89. The number of amides is 1. The fourth-order valence-corrected chi connectivity index (χ4v) is 6.49. The van der Waals surface area contributed by atoms with Crippen LogP contribution in [0.25, 0.3) is 21.5 Å². The Morgan fingerprint density at radius 3 is 2.25 bits per heavy atom. The van der Waals surface area contributed by atoms with Crippen LogP contribution < -0.4 is 5.32 Å². The van der Waals surface area contributed by atoms with E-state index in [1.54, 1.807) is 6.07 Å². The van der Waals surface area contributed by atoms with Gasteiger partial charge in [-0.25, -0.2) is 9.59 Å². The molecule has 1 amide bonds. The molecule has 8 nitrogen and oxygen atoms in total. The van der Waals surface area contributed by atoms with E-state index in [9.17, 15) is 14.4 Å². The van der Waals surface area contributed by atoms with Crippen molar-refractivity contribution >= 4 is 45.3 Å². The van der Waals surface area contributed by atoms with Gasteiger partial charge in [0, 0.05) is 5.56 Å². The highest BCUT2D eigenvalue weighted by molar-refractivity contribution is 7.21. The Balaban J connectivity index is 1.95. The second kappa shape index (κ2) is 11.6. The maximum Gasteiger partial charge on any atom is 0.412 e. The van der Waals surface area contributed by atoms with Gasteiger partial charge in [0.1, 0.15) is 22.6 Å². The number of nitrogens with one attached hydrogen (secondary N) is 1. The van der Waals surface area contributed by atoms with Crippen molar-refractivity contribution in [3.8, 4) is 11.3 Å². The highest BCUT2D eigenvalue weighted by Gasteiger charge is 2.32. The van der Waals surface area contributed by atoms with Crippen molar-refractivity contribution in [3.63, 3.8) is 0 Å². The van der Waals surface area contributed by atoms with Crippen LogP contribution in [0, 0.1) is 0 Å².